The molecule has 4 heteroatoms. The number of nitrogens with two attached hydrogens (primary N) is 1. The molecular weight excluding hydrogens is 306 g/mol. The molecule has 1 aliphatic rings. The molecule has 0 aliphatic heterocycles. The molecule has 0 heterocycles. The van der Waals surface area contributed by atoms with Gasteiger partial charge in [-0.25, -0.2) is 0 Å². The van der Waals surface area contributed by atoms with E-state index in [4.69, 9.17) is 15.2 Å². The summed E-state index contributed by atoms with van der Waals surface area (Å²) in [6.45, 7) is 1.98. The second kappa shape index (κ2) is 6.73. The van der Waals surface area contributed by atoms with E-state index in [0.29, 0.717) is 6.10 Å². The van der Waals surface area contributed by atoms with E-state index in [1.54, 1.807) is 7.11 Å². The first-order valence-corrected chi connectivity index (χ1v) is 7.64. The van der Waals surface area contributed by atoms with Gasteiger partial charge in [0.1, 0.15) is 11.9 Å². The van der Waals surface area contributed by atoms with Gasteiger partial charge >= 0.3 is 0 Å². The highest BCUT2D eigenvalue weighted by Crippen LogP contribution is 2.31. The highest BCUT2D eigenvalue weighted by molar-refractivity contribution is 9.10. The van der Waals surface area contributed by atoms with Crippen molar-refractivity contribution in [2.45, 2.75) is 50.9 Å². The van der Waals surface area contributed by atoms with Crippen LogP contribution in [0.5, 0.6) is 5.75 Å². The van der Waals surface area contributed by atoms with Gasteiger partial charge in [-0.3, -0.25) is 0 Å². The zero-order chi connectivity index (χ0) is 13.8. The van der Waals surface area contributed by atoms with E-state index >= 15 is 0 Å². The average molecular weight is 328 g/mol. The molecule has 1 aromatic carbocycles. The van der Waals surface area contributed by atoms with E-state index in [0.717, 1.165) is 35.0 Å². The summed E-state index contributed by atoms with van der Waals surface area (Å²) in [5, 5.41) is 0. The average Bonchev–Trinajstić information content (AvgIpc) is 2.41. The molecule has 3 atom stereocenters. The van der Waals surface area contributed by atoms with Crippen LogP contribution in [0.15, 0.2) is 22.7 Å². The first kappa shape index (κ1) is 14.8. The number of rotatable bonds is 4. The molecule has 2 N–H and O–H groups in total. The second-order valence-electron chi connectivity index (χ2n) is 5.24. The predicted molar refractivity (Wildman–Crippen MR) is 80.4 cm³/mol. The van der Waals surface area contributed by atoms with Crippen LogP contribution in [-0.2, 0) is 4.74 Å². The minimum atomic E-state index is 0.0397. The molecule has 1 aromatic rings. The third-order valence-electron chi connectivity index (χ3n) is 3.69. The summed E-state index contributed by atoms with van der Waals surface area (Å²) in [5.41, 5.74) is 6.98. The SMILES string of the molecule is COC1CCCC(Oc2ccc([C@H](C)N)cc2Br)C1. The zero-order valence-electron chi connectivity index (χ0n) is 11.6. The molecule has 2 rings (SSSR count). The van der Waals surface area contributed by atoms with E-state index in [2.05, 4.69) is 15.9 Å². The molecular formula is C15H22BrNO2. The Kier molecular flexibility index (Phi) is 5.25. The van der Waals surface area contributed by atoms with Crippen LogP contribution in [0.1, 0.15) is 44.2 Å². The van der Waals surface area contributed by atoms with Gasteiger partial charge in [0, 0.05) is 19.6 Å². The van der Waals surface area contributed by atoms with Gasteiger partial charge in [-0.05, 0) is 59.8 Å². The molecule has 0 amide bonds. The lowest BCUT2D eigenvalue weighted by Crippen LogP contribution is -2.29. The molecule has 0 spiro atoms. The standard InChI is InChI=1S/C15H22BrNO2/c1-10(17)11-6-7-15(14(16)8-11)19-13-5-3-4-12(9-13)18-2/h6-8,10,12-13H,3-5,9,17H2,1-2H3/t10-,12?,13?/m0/s1. The van der Waals surface area contributed by atoms with Crippen molar-refractivity contribution in [1.82, 2.24) is 0 Å². The number of benzene rings is 1. The molecule has 3 nitrogen and oxygen atoms in total. The van der Waals surface area contributed by atoms with Crippen LogP contribution < -0.4 is 10.5 Å². The van der Waals surface area contributed by atoms with Gasteiger partial charge in [-0.2, -0.15) is 0 Å². The zero-order valence-corrected chi connectivity index (χ0v) is 13.2. The summed E-state index contributed by atoms with van der Waals surface area (Å²) in [6.07, 6.45) is 4.95. The second-order valence-corrected chi connectivity index (χ2v) is 6.10. The molecule has 0 bridgehead atoms. The Labute approximate surface area is 123 Å². The van der Waals surface area contributed by atoms with Gasteiger partial charge in [-0.1, -0.05) is 6.07 Å². The lowest BCUT2D eigenvalue weighted by molar-refractivity contribution is 0.0207. The van der Waals surface area contributed by atoms with Crippen LogP contribution >= 0.6 is 15.9 Å². The molecule has 0 aromatic heterocycles. The first-order chi connectivity index (χ1) is 9.10. The minimum absolute atomic E-state index is 0.0397. The van der Waals surface area contributed by atoms with Crippen molar-refractivity contribution in [3.63, 3.8) is 0 Å². The predicted octanol–water partition coefficient (Wildman–Crippen LogP) is 3.81. The summed E-state index contributed by atoms with van der Waals surface area (Å²) < 4.78 is 12.5. The molecule has 0 radical (unpaired) electrons. The lowest BCUT2D eigenvalue weighted by atomic mass is 9.95. The Morgan fingerprint density at radius 3 is 2.68 bits per heavy atom. The van der Waals surface area contributed by atoms with Crippen LogP contribution in [-0.4, -0.2) is 19.3 Å². The Morgan fingerprint density at radius 1 is 1.32 bits per heavy atom. The topological polar surface area (TPSA) is 44.5 Å². The first-order valence-electron chi connectivity index (χ1n) is 6.84. The van der Waals surface area contributed by atoms with Crippen molar-refractivity contribution >= 4 is 15.9 Å². The summed E-state index contributed by atoms with van der Waals surface area (Å²) in [4.78, 5) is 0. The lowest BCUT2D eigenvalue weighted by Gasteiger charge is -2.29. The highest BCUT2D eigenvalue weighted by atomic mass is 79.9. The van der Waals surface area contributed by atoms with Crippen molar-refractivity contribution in [2.24, 2.45) is 5.73 Å². The summed E-state index contributed by atoms with van der Waals surface area (Å²) in [7, 11) is 1.78. The number of ether oxygens (including phenoxy) is 2. The quantitative estimate of drug-likeness (QED) is 0.914. The fraction of sp³-hybridized carbons (Fsp3) is 0.600. The van der Waals surface area contributed by atoms with E-state index in [1.807, 2.05) is 25.1 Å². The monoisotopic (exact) mass is 327 g/mol. The van der Waals surface area contributed by atoms with Crippen molar-refractivity contribution < 1.29 is 9.47 Å². The fourth-order valence-corrected chi connectivity index (χ4v) is 2.99. The van der Waals surface area contributed by atoms with Crippen molar-refractivity contribution in [2.75, 3.05) is 7.11 Å². The fourth-order valence-electron chi connectivity index (χ4n) is 2.50. The maximum absolute atomic E-state index is 6.09. The number of hydrogen-bond acceptors (Lipinski definition) is 3. The van der Waals surface area contributed by atoms with Crippen LogP contribution in [0.4, 0.5) is 0 Å². The van der Waals surface area contributed by atoms with Gasteiger partial charge < -0.3 is 15.2 Å². The van der Waals surface area contributed by atoms with Crippen LogP contribution in [0.25, 0.3) is 0 Å². The molecule has 0 saturated heterocycles. The number of halogens is 1. The largest absolute Gasteiger partial charge is 0.489 e. The third kappa shape index (κ3) is 3.94. The Bertz CT molecular complexity index is 423. The number of hydrogen-bond donors (Lipinski definition) is 1. The van der Waals surface area contributed by atoms with Crippen molar-refractivity contribution in [3.05, 3.63) is 28.2 Å². The van der Waals surface area contributed by atoms with Gasteiger partial charge in [0.25, 0.3) is 0 Å². The molecule has 1 fully saturated rings. The van der Waals surface area contributed by atoms with Gasteiger partial charge in [0.15, 0.2) is 0 Å². The van der Waals surface area contributed by atoms with Gasteiger partial charge in [0.2, 0.25) is 0 Å². The maximum atomic E-state index is 6.09. The molecule has 1 saturated carbocycles. The van der Waals surface area contributed by atoms with Crippen LogP contribution in [0.3, 0.4) is 0 Å². The smallest absolute Gasteiger partial charge is 0.133 e. The van der Waals surface area contributed by atoms with Gasteiger partial charge in [-0.15, -0.1) is 0 Å². The summed E-state index contributed by atoms with van der Waals surface area (Å²) in [5.74, 6) is 0.895. The maximum Gasteiger partial charge on any atom is 0.133 e. The highest BCUT2D eigenvalue weighted by Gasteiger charge is 2.23. The van der Waals surface area contributed by atoms with E-state index in [-0.39, 0.29) is 12.1 Å². The summed E-state index contributed by atoms with van der Waals surface area (Å²) >= 11 is 3.56. The van der Waals surface area contributed by atoms with Crippen LogP contribution in [0, 0.1) is 0 Å². The Morgan fingerprint density at radius 2 is 2.05 bits per heavy atom. The third-order valence-corrected chi connectivity index (χ3v) is 4.31. The van der Waals surface area contributed by atoms with Crippen molar-refractivity contribution in [3.8, 4) is 5.75 Å². The van der Waals surface area contributed by atoms with E-state index in [1.165, 1.54) is 6.42 Å². The molecule has 19 heavy (non-hydrogen) atoms. The normalized spacial score (nSPS) is 25.1. The molecule has 106 valence electrons. The minimum Gasteiger partial charge on any atom is -0.489 e. The molecule has 1 aliphatic carbocycles. The Balaban J connectivity index is 2.02. The summed E-state index contributed by atoms with van der Waals surface area (Å²) in [6, 6.07) is 6.11. The van der Waals surface area contributed by atoms with Crippen molar-refractivity contribution in [1.29, 1.82) is 0 Å². The van der Waals surface area contributed by atoms with E-state index in [9.17, 15) is 0 Å². The number of methoxy groups -OCH3 is 1. The van der Waals surface area contributed by atoms with E-state index < -0.39 is 0 Å². The van der Waals surface area contributed by atoms with Crippen LogP contribution in [0.2, 0.25) is 0 Å². The van der Waals surface area contributed by atoms with Gasteiger partial charge in [0.05, 0.1) is 10.6 Å². The Hall–Kier alpha value is -0.580. The molecule has 2 unspecified atom stereocenters.